The highest BCUT2D eigenvalue weighted by molar-refractivity contribution is 6.28. The van der Waals surface area contributed by atoms with Gasteiger partial charge < -0.3 is 9.47 Å². The molecule has 2 aliphatic rings. The molecule has 4 rings (SSSR count). The van der Waals surface area contributed by atoms with Crippen LogP contribution in [0.4, 0.5) is 0 Å². The van der Waals surface area contributed by atoms with E-state index in [1.807, 2.05) is 0 Å². The Labute approximate surface area is 121 Å². The van der Waals surface area contributed by atoms with Crippen LogP contribution < -0.4 is 4.74 Å². The number of carbonyl (C=O) groups is 2. The van der Waals surface area contributed by atoms with E-state index in [0.717, 1.165) is 6.61 Å². The van der Waals surface area contributed by atoms with Crippen LogP contribution in [0.2, 0.25) is 0 Å². The quantitative estimate of drug-likeness (QED) is 0.690. The second-order valence-electron chi connectivity index (χ2n) is 5.18. The predicted molar refractivity (Wildman–Crippen MR) is 75.0 cm³/mol. The number of benzene rings is 2. The summed E-state index contributed by atoms with van der Waals surface area (Å²) in [7, 11) is 0. The predicted octanol–water partition coefficient (Wildman–Crippen LogP) is 2.24. The minimum absolute atomic E-state index is 0.114. The molecule has 4 nitrogen and oxygen atoms in total. The molecular formula is C17H12O4. The van der Waals surface area contributed by atoms with Gasteiger partial charge in [0.15, 0.2) is 11.6 Å². The second kappa shape index (κ2) is 4.53. The minimum atomic E-state index is -0.131. The molecule has 1 unspecified atom stereocenters. The molecule has 0 bridgehead atoms. The van der Waals surface area contributed by atoms with Crippen molar-refractivity contribution < 1.29 is 19.1 Å². The van der Waals surface area contributed by atoms with E-state index in [4.69, 9.17) is 9.47 Å². The fourth-order valence-electron chi connectivity index (χ4n) is 2.52. The SMILES string of the molecule is O=C1c2ccccc2C(=O)c2cc(OCC3CO3)ccc21. The number of ketones is 2. The highest BCUT2D eigenvalue weighted by Gasteiger charge is 2.30. The van der Waals surface area contributed by atoms with Gasteiger partial charge in [0.1, 0.15) is 18.5 Å². The van der Waals surface area contributed by atoms with Crippen molar-refractivity contribution in [2.24, 2.45) is 0 Å². The van der Waals surface area contributed by atoms with Crippen molar-refractivity contribution in [3.63, 3.8) is 0 Å². The second-order valence-corrected chi connectivity index (χ2v) is 5.18. The van der Waals surface area contributed by atoms with Crippen LogP contribution in [-0.2, 0) is 4.74 Å². The molecule has 21 heavy (non-hydrogen) atoms. The van der Waals surface area contributed by atoms with Gasteiger partial charge >= 0.3 is 0 Å². The molecule has 1 heterocycles. The smallest absolute Gasteiger partial charge is 0.194 e. The number of epoxide rings is 1. The molecule has 2 aromatic carbocycles. The van der Waals surface area contributed by atoms with Gasteiger partial charge in [-0.05, 0) is 18.2 Å². The van der Waals surface area contributed by atoms with E-state index < -0.39 is 0 Å². The van der Waals surface area contributed by atoms with Crippen LogP contribution in [0.5, 0.6) is 5.75 Å². The van der Waals surface area contributed by atoms with Crippen LogP contribution in [0, 0.1) is 0 Å². The van der Waals surface area contributed by atoms with E-state index in [1.54, 1.807) is 42.5 Å². The topological polar surface area (TPSA) is 55.9 Å². The number of ether oxygens (including phenoxy) is 2. The van der Waals surface area contributed by atoms with Gasteiger partial charge in [0, 0.05) is 22.3 Å². The monoisotopic (exact) mass is 280 g/mol. The first-order valence-electron chi connectivity index (χ1n) is 6.81. The first kappa shape index (κ1) is 12.3. The van der Waals surface area contributed by atoms with Gasteiger partial charge in [0.2, 0.25) is 0 Å². The number of carbonyl (C=O) groups excluding carboxylic acids is 2. The van der Waals surface area contributed by atoms with Gasteiger partial charge in [0.05, 0.1) is 6.61 Å². The van der Waals surface area contributed by atoms with E-state index in [-0.39, 0.29) is 17.7 Å². The van der Waals surface area contributed by atoms with E-state index >= 15 is 0 Å². The first-order valence-corrected chi connectivity index (χ1v) is 6.81. The molecule has 1 fully saturated rings. The summed E-state index contributed by atoms with van der Waals surface area (Å²) in [6.45, 7) is 1.19. The number of hydrogen-bond acceptors (Lipinski definition) is 4. The van der Waals surface area contributed by atoms with Crippen molar-refractivity contribution in [3.8, 4) is 5.75 Å². The molecule has 0 N–H and O–H groups in total. The zero-order chi connectivity index (χ0) is 14.4. The zero-order valence-corrected chi connectivity index (χ0v) is 11.2. The first-order chi connectivity index (χ1) is 10.2. The van der Waals surface area contributed by atoms with Gasteiger partial charge in [-0.3, -0.25) is 9.59 Å². The van der Waals surface area contributed by atoms with Gasteiger partial charge in [-0.15, -0.1) is 0 Å². The van der Waals surface area contributed by atoms with Gasteiger partial charge in [0.25, 0.3) is 0 Å². The van der Waals surface area contributed by atoms with E-state index in [9.17, 15) is 9.59 Å². The summed E-state index contributed by atoms with van der Waals surface area (Å²) >= 11 is 0. The third-order valence-corrected chi connectivity index (χ3v) is 3.73. The standard InChI is InChI=1S/C17H12O4/c18-16-12-3-1-2-4-13(12)17(19)15-7-10(5-6-14(15)16)20-8-11-9-21-11/h1-7,11H,8-9H2. The molecule has 2 aromatic rings. The Morgan fingerprint density at radius 2 is 1.57 bits per heavy atom. The largest absolute Gasteiger partial charge is 0.491 e. The zero-order valence-electron chi connectivity index (χ0n) is 11.2. The third kappa shape index (κ3) is 2.04. The molecule has 0 saturated carbocycles. The molecule has 104 valence electrons. The molecule has 0 radical (unpaired) electrons. The maximum absolute atomic E-state index is 12.5. The normalized spacial score (nSPS) is 19.0. The van der Waals surface area contributed by atoms with Crippen molar-refractivity contribution in [2.45, 2.75) is 6.10 Å². The van der Waals surface area contributed by atoms with Crippen molar-refractivity contribution >= 4 is 11.6 Å². The molecule has 0 aromatic heterocycles. The summed E-state index contributed by atoms with van der Waals surface area (Å²) in [4.78, 5) is 25.0. The van der Waals surface area contributed by atoms with Crippen LogP contribution in [0.15, 0.2) is 42.5 Å². The Morgan fingerprint density at radius 1 is 0.952 bits per heavy atom. The average molecular weight is 280 g/mol. The fourth-order valence-corrected chi connectivity index (χ4v) is 2.52. The summed E-state index contributed by atoms with van der Waals surface area (Å²) in [5.41, 5.74) is 1.77. The lowest BCUT2D eigenvalue weighted by Crippen LogP contribution is -2.20. The molecule has 1 saturated heterocycles. The molecule has 1 aliphatic carbocycles. The van der Waals surface area contributed by atoms with Gasteiger partial charge in [-0.25, -0.2) is 0 Å². The summed E-state index contributed by atoms with van der Waals surface area (Å²) in [6.07, 6.45) is 0.152. The van der Waals surface area contributed by atoms with Crippen LogP contribution in [0.25, 0.3) is 0 Å². The Bertz CT molecular complexity index is 759. The number of fused-ring (bicyclic) bond motifs is 2. The number of hydrogen-bond donors (Lipinski definition) is 0. The maximum atomic E-state index is 12.5. The third-order valence-electron chi connectivity index (χ3n) is 3.73. The molecule has 4 heteroatoms. The van der Waals surface area contributed by atoms with Crippen LogP contribution >= 0.6 is 0 Å². The lowest BCUT2D eigenvalue weighted by atomic mass is 9.84. The Hall–Kier alpha value is -2.46. The van der Waals surface area contributed by atoms with E-state index in [2.05, 4.69) is 0 Å². The Balaban J connectivity index is 1.73. The minimum Gasteiger partial charge on any atom is -0.491 e. The van der Waals surface area contributed by atoms with E-state index in [1.165, 1.54) is 0 Å². The fraction of sp³-hybridized carbons (Fsp3) is 0.176. The molecule has 1 atom stereocenters. The van der Waals surface area contributed by atoms with Crippen LogP contribution in [-0.4, -0.2) is 30.9 Å². The lowest BCUT2D eigenvalue weighted by molar-refractivity contribution is 0.0978. The van der Waals surface area contributed by atoms with Gasteiger partial charge in [-0.1, -0.05) is 24.3 Å². The van der Waals surface area contributed by atoms with Crippen molar-refractivity contribution in [1.29, 1.82) is 0 Å². The Morgan fingerprint density at radius 3 is 2.24 bits per heavy atom. The number of rotatable bonds is 3. The molecule has 0 spiro atoms. The average Bonchev–Trinajstić information content (AvgIpc) is 3.35. The molecular weight excluding hydrogens is 268 g/mol. The maximum Gasteiger partial charge on any atom is 0.194 e. The summed E-state index contributed by atoms with van der Waals surface area (Å²) in [5, 5.41) is 0. The Kier molecular flexibility index (Phi) is 2.65. The summed E-state index contributed by atoms with van der Waals surface area (Å²) in [6, 6.07) is 11.9. The summed E-state index contributed by atoms with van der Waals surface area (Å²) in [5.74, 6) is 0.343. The molecule has 0 amide bonds. The van der Waals surface area contributed by atoms with Crippen LogP contribution in [0.1, 0.15) is 31.8 Å². The van der Waals surface area contributed by atoms with Crippen molar-refractivity contribution in [3.05, 3.63) is 64.7 Å². The van der Waals surface area contributed by atoms with Gasteiger partial charge in [-0.2, -0.15) is 0 Å². The lowest BCUT2D eigenvalue weighted by Gasteiger charge is -2.18. The highest BCUT2D eigenvalue weighted by atomic mass is 16.6. The van der Waals surface area contributed by atoms with E-state index in [0.29, 0.717) is 34.6 Å². The molecule has 1 aliphatic heterocycles. The van der Waals surface area contributed by atoms with Crippen molar-refractivity contribution in [2.75, 3.05) is 13.2 Å². The summed E-state index contributed by atoms with van der Waals surface area (Å²) < 4.78 is 10.7. The van der Waals surface area contributed by atoms with Crippen molar-refractivity contribution in [1.82, 2.24) is 0 Å². The van der Waals surface area contributed by atoms with Crippen LogP contribution in [0.3, 0.4) is 0 Å². The highest BCUT2D eigenvalue weighted by Crippen LogP contribution is 2.30.